The largest absolute Gasteiger partial charge is 0.465 e. The van der Waals surface area contributed by atoms with Gasteiger partial charge in [-0.15, -0.1) is 11.3 Å². The van der Waals surface area contributed by atoms with E-state index in [1.54, 1.807) is 5.38 Å². The maximum absolute atomic E-state index is 12.2. The van der Waals surface area contributed by atoms with Crippen LogP contribution in [0.25, 0.3) is 0 Å². The SMILES string of the molecule is COC(=O)c1sccc1S(=O)(=O)N[C@@H]1CC[C@@H](N)C1. The summed E-state index contributed by atoms with van der Waals surface area (Å²) in [6, 6.07) is 1.29. The van der Waals surface area contributed by atoms with Crippen LogP contribution in [0.4, 0.5) is 0 Å². The van der Waals surface area contributed by atoms with Gasteiger partial charge in [0.05, 0.1) is 7.11 Å². The van der Waals surface area contributed by atoms with Gasteiger partial charge in [-0.2, -0.15) is 0 Å². The first-order valence-electron chi connectivity index (χ1n) is 5.87. The molecule has 0 spiro atoms. The van der Waals surface area contributed by atoms with Crippen LogP contribution >= 0.6 is 11.3 Å². The Labute approximate surface area is 116 Å². The summed E-state index contributed by atoms with van der Waals surface area (Å²) in [4.78, 5) is 11.6. The summed E-state index contributed by atoms with van der Waals surface area (Å²) >= 11 is 1.05. The van der Waals surface area contributed by atoms with Gasteiger partial charge in [0.15, 0.2) is 0 Å². The molecule has 0 amide bonds. The summed E-state index contributed by atoms with van der Waals surface area (Å²) in [5.41, 5.74) is 5.76. The van der Waals surface area contributed by atoms with E-state index in [0.717, 1.165) is 24.2 Å². The molecule has 0 unspecified atom stereocenters. The lowest BCUT2D eigenvalue weighted by atomic mass is 10.2. The number of esters is 1. The van der Waals surface area contributed by atoms with Crippen molar-refractivity contribution < 1.29 is 17.9 Å². The number of rotatable bonds is 4. The topological polar surface area (TPSA) is 98.5 Å². The summed E-state index contributed by atoms with van der Waals surface area (Å²) < 4.78 is 31.7. The molecule has 0 radical (unpaired) electrons. The van der Waals surface area contributed by atoms with Crippen LogP contribution in [-0.2, 0) is 14.8 Å². The molecule has 2 rings (SSSR count). The van der Waals surface area contributed by atoms with Crippen LogP contribution < -0.4 is 10.5 Å². The number of nitrogens with two attached hydrogens (primary N) is 1. The second-order valence-electron chi connectivity index (χ2n) is 4.50. The van der Waals surface area contributed by atoms with E-state index in [9.17, 15) is 13.2 Å². The lowest BCUT2D eigenvalue weighted by Crippen LogP contribution is -2.34. The molecule has 1 heterocycles. The van der Waals surface area contributed by atoms with Crippen molar-refractivity contribution in [2.45, 2.75) is 36.2 Å². The van der Waals surface area contributed by atoms with Crippen molar-refractivity contribution in [1.29, 1.82) is 0 Å². The first-order valence-corrected chi connectivity index (χ1v) is 8.24. The van der Waals surface area contributed by atoms with E-state index in [-0.39, 0.29) is 21.9 Å². The highest BCUT2D eigenvalue weighted by Crippen LogP contribution is 2.25. The van der Waals surface area contributed by atoms with Gasteiger partial charge in [-0.25, -0.2) is 17.9 Å². The maximum Gasteiger partial charge on any atom is 0.349 e. The zero-order valence-corrected chi connectivity index (χ0v) is 12.1. The molecule has 2 atom stereocenters. The molecule has 0 bridgehead atoms. The minimum Gasteiger partial charge on any atom is -0.465 e. The summed E-state index contributed by atoms with van der Waals surface area (Å²) in [6.07, 6.45) is 2.15. The lowest BCUT2D eigenvalue weighted by Gasteiger charge is -2.12. The van der Waals surface area contributed by atoms with Gasteiger partial charge >= 0.3 is 5.97 Å². The summed E-state index contributed by atoms with van der Waals surface area (Å²) in [5.74, 6) is -0.640. The number of hydrogen-bond donors (Lipinski definition) is 2. The van der Waals surface area contributed by atoms with E-state index < -0.39 is 16.0 Å². The Morgan fingerprint density at radius 3 is 2.84 bits per heavy atom. The Bertz CT molecular complexity index is 567. The van der Waals surface area contributed by atoms with Crippen molar-refractivity contribution in [3.8, 4) is 0 Å². The Hall–Kier alpha value is -0.960. The average molecular weight is 304 g/mol. The number of sulfonamides is 1. The molecule has 1 aliphatic rings. The van der Waals surface area contributed by atoms with E-state index >= 15 is 0 Å². The predicted molar refractivity (Wildman–Crippen MR) is 71.6 cm³/mol. The van der Waals surface area contributed by atoms with E-state index in [2.05, 4.69) is 9.46 Å². The second kappa shape index (κ2) is 5.58. The van der Waals surface area contributed by atoms with Crippen molar-refractivity contribution in [2.24, 2.45) is 5.73 Å². The number of nitrogens with one attached hydrogen (secondary N) is 1. The second-order valence-corrected chi connectivity index (χ2v) is 7.10. The van der Waals surface area contributed by atoms with Gasteiger partial charge in [-0.3, -0.25) is 0 Å². The molecule has 8 heteroatoms. The molecule has 3 N–H and O–H groups in total. The number of methoxy groups -OCH3 is 1. The number of hydrogen-bond acceptors (Lipinski definition) is 6. The zero-order valence-electron chi connectivity index (χ0n) is 10.5. The number of ether oxygens (including phenoxy) is 1. The Morgan fingerprint density at radius 1 is 1.53 bits per heavy atom. The minimum atomic E-state index is -3.71. The van der Waals surface area contributed by atoms with Gasteiger partial charge in [0, 0.05) is 12.1 Å². The van der Waals surface area contributed by atoms with E-state index in [4.69, 9.17) is 5.73 Å². The van der Waals surface area contributed by atoms with Gasteiger partial charge < -0.3 is 10.5 Å². The van der Waals surface area contributed by atoms with E-state index in [1.807, 2.05) is 0 Å². The minimum absolute atomic E-state index is 0.0233. The molecule has 6 nitrogen and oxygen atoms in total. The lowest BCUT2D eigenvalue weighted by molar-refractivity contribution is 0.0602. The average Bonchev–Trinajstić information content (AvgIpc) is 2.97. The standard InChI is InChI=1S/C11H16N2O4S2/c1-17-11(14)10-9(4-5-18-10)19(15,16)13-8-3-2-7(12)6-8/h4-5,7-8,13H,2-3,6,12H2,1H3/t7-,8-/m1/s1. The molecule has 1 aliphatic carbocycles. The van der Waals surface area contributed by atoms with E-state index in [1.165, 1.54) is 13.2 Å². The van der Waals surface area contributed by atoms with Crippen LogP contribution in [-0.4, -0.2) is 33.6 Å². The Balaban J connectivity index is 2.20. The molecule has 1 saturated carbocycles. The molecule has 0 aliphatic heterocycles. The highest BCUT2D eigenvalue weighted by molar-refractivity contribution is 7.89. The Morgan fingerprint density at radius 2 is 2.26 bits per heavy atom. The molecule has 1 aromatic heterocycles. The van der Waals surface area contributed by atoms with Crippen LogP contribution in [0.3, 0.4) is 0 Å². The smallest absolute Gasteiger partial charge is 0.349 e. The molecular weight excluding hydrogens is 288 g/mol. The molecule has 0 aromatic carbocycles. The van der Waals surface area contributed by atoms with Crippen LogP contribution in [0, 0.1) is 0 Å². The molecule has 19 heavy (non-hydrogen) atoms. The highest BCUT2D eigenvalue weighted by Gasteiger charge is 2.30. The van der Waals surface area contributed by atoms with Crippen LogP contribution in [0.5, 0.6) is 0 Å². The van der Waals surface area contributed by atoms with Gasteiger partial charge in [0.1, 0.15) is 9.77 Å². The van der Waals surface area contributed by atoms with Crippen molar-refractivity contribution >= 4 is 27.3 Å². The van der Waals surface area contributed by atoms with Crippen LogP contribution in [0.2, 0.25) is 0 Å². The first kappa shape index (κ1) is 14.4. The van der Waals surface area contributed by atoms with Crippen molar-refractivity contribution in [3.63, 3.8) is 0 Å². The number of carbonyl (C=O) groups is 1. The highest BCUT2D eigenvalue weighted by atomic mass is 32.2. The van der Waals surface area contributed by atoms with Gasteiger partial charge in [0.2, 0.25) is 10.0 Å². The monoisotopic (exact) mass is 304 g/mol. The van der Waals surface area contributed by atoms with Gasteiger partial charge in [-0.05, 0) is 30.7 Å². The molecule has 1 aromatic rings. The van der Waals surface area contributed by atoms with E-state index in [0.29, 0.717) is 6.42 Å². The molecule has 1 fully saturated rings. The van der Waals surface area contributed by atoms with Crippen LogP contribution in [0.15, 0.2) is 16.3 Å². The summed E-state index contributed by atoms with van der Waals surface area (Å²) in [7, 11) is -2.48. The fourth-order valence-electron chi connectivity index (χ4n) is 2.16. The molecule has 0 saturated heterocycles. The summed E-state index contributed by atoms with van der Waals surface area (Å²) in [5, 5.41) is 1.56. The van der Waals surface area contributed by atoms with Crippen LogP contribution in [0.1, 0.15) is 28.9 Å². The molecule has 106 valence electrons. The zero-order chi connectivity index (χ0) is 14.0. The third-order valence-corrected chi connectivity index (χ3v) is 5.67. The fraction of sp³-hybridized carbons (Fsp3) is 0.545. The summed E-state index contributed by atoms with van der Waals surface area (Å²) in [6.45, 7) is 0. The third kappa shape index (κ3) is 3.14. The van der Waals surface area contributed by atoms with Crippen molar-refractivity contribution in [3.05, 3.63) is 16.3 Å². The number of thiophene rings is 1. The first-order chi connectivity index (χ1) is 8.94. The molecular formula is C11H16N2O4S2. The number of carbonyl (C=O) groups excluding carboxylic acids is 1. The predicted octanol–water partition coefficient (Wildman–Crippen LogP) is 0.693. The fourth-order valence-corrected chi connectivity index (χ4v) is 4.78. The van der Waals surface area contributed by atoms with Crippen molar-refractivity contribution in [2.75, 3.05) is 7.11 Å². The third-order valence-electron chi connectivity index (χ3n) is 3.08. The van der Waals surface area contributed by atoms with Gasteiger partial charge in [-0.1, -0.05) is 0 Å². The Kier molecular flexibility index (Phi) is 4.24. The quantitative estimate of drug-likeness (QED) is 0.798. The maximum atomic E-state index is 12.2. The van der Waals surface area contributed by atoms with Gasteiger partial charge in [0.25, 0.3) is 0 Å². The normalized spacial score (nSPS) is 23.5. The van der Waals surface area contributed by atoms with Crippen molar-refractivity contribution in [1.82, 2.24) is 4.72 Å².